The van der Waals surface area contributed by atoms with Crippen LogP contribution in [-0.2, 0) is 20.5 Å². The molecule has 1 unspecified atom stereocenters. The summed E-state index contributed by atoms with van der Waals surface area (Å²) < 4.78 is 25.6. The van der Waals surface area contributed by atoms with Crippen LogP contribution in [0.4, 0.5) is 4.79 Å². The van der Waals surface area contributed by atoms with Crippen molar-refractivity contribution in [1.82, 2.24) is 10.9 Å². The number of hydrogen-bond acceptors (Lipinski definition) is 8. The molecule has 0 aliphatic rings. The third-order valence-electron chi connectivity index (χ3n) is 4.58. The number of carbonyl (C=O) groups excluding carboxylic acids is 1. The third kappa shape index (κ3) is 7.65. The van der Waals surface area contributed by atoms with Gasteiger partial charge in [0.25, 0.3) is 0 Å². The number of methoxy groups -OCH3 is 1. The molecular weight excluding hydrogens is 459 g/mol. The molecular formula is C20H25N2O10P. The lowest BCUT2D eigenvalue weighted by atomic mass is 9.93. The SMILES string of the molecule is COc1ccc(C(C)OC(=O)NN[C@@](C)(Cc2ccc(OP(=O)(O)O)c(O)c2)C(=O)O)cc1. The van der Waals surface area contributed by atoms with Gasteiger partial charge in [-0.3, -0.25) is 20.0 Å². The topological polar surface area (TPSA) is 184 Å². The molecule has 1 amide bonds. The van der Waals surface area contributed by atoms with Gasteiger partial charge in [0.1, 0.15) is 17.4 Å². The van der Waals surface area contributed by atoms with E-state index < -0.39 is 43.0 Å². The van der Waals surface area contributed by atoms with Crippen LogP contribution in [0, 0.1) is 0 Å². The zero-order valence-electron chi connectivity index (χ0n) is 18.0. The number of ether oxygens (including phenoxy) is 2. The highest BCUT2D eigenvalue weighted by molar-refractivity contribution is 7.46. The van der Waals surface area contributed by atoms with E-state index in [1.807, 2.05) is 0 Å². The number of rotatable bonds is 10. The first kappa shape index (κ1) is 25.9. The second-order valence-electron chi connectivity index (χ2n) is 7.27. The van der Waals surface area contributed by atoms with Gasteiger partial charge in [0, 0.05) is 6.42 Å². The summed E-state index contributed by atoms with van der Waals surface area (Å²) in [6.45, 7) is 2.93. The lowest BCUT2D eigenvalue weighted by Gasteiger charge is -2.27. The van der Waals surface area contributed by atoms with Crippen LogP contribution in [0.25, 0.3) is 0 Å². The van der Waals surface area contributed by atoms with Crippen molar-refractivity contribution in [3.05, 3.63) is 53.6 Å². The van der Waals surface area contributed by atoms with Crippen molar-refractivity contribution in [3.63, 3.8) is 0 Å². The van der Waals surface area contributed by atoms with E-state index in [2.05, 4.69) is 15.4 Å². The number of phosphoric acid groups is 1. The average molecular weight is 484 g/mol. The van der Waals surface area contributed by atoms with Gasteiger partial charge in [-0.15, -0.1) is 0 Å². The molecule has 13 heteroatoms. The van der Waals surface area contributed by atoms with Gasteiger partial charge in [-0.2, -0.15) is 0 Å². The highest BCUT2D eigenvalue weighted by atomic mass is 31.2. The predicted molar refractivity (Wildman–Crippen MR) is 115 cm³/mol. The Morgan fingerprint density at radius 2 is 1.79 bits per heavy atom. The molecule has 0 radical (unpaired) electrons. The lowest BCUT2D eigenvalue weighted by Crippen LogP contribution is -2.58. The summed E-state index contributed by atoms with van der Waals surface area (Å²) in [5.74, 6) is -1.74. The van der Waals surface area contributed by atoms with Crippen LogP contribution >= 0.6 is 7.82 Å². The van der Waals surface area contributed by atoms with Crippen LogP contribution in [0.1, 0.15) is 31.1 Å². The molecule has 0 fully saturated rings. The minimum absolute atomic E-state index is 0.222. The fraction of sp³-hybridized carbons (Fsp3) is 0.300. The molecule has 2 aromatic rings. The maximum atomic E-state index is 12.2. The minimum Gasteiger partial charge on any atom is -0.504 e. The van der Waals surface area contributed by atoms with Crippen LogP contribution in [0.2, 0.25) is 0 Å². The molecule has 0 saturated heterocycles. The van der Waals surface area contributed by atoms with Crippen molar-refractivity contribution < 1.29 is 48.2 Å². The molecule has 0 spiro atoms. The molecule has 0 aromatic heterocycles. The van der Waals surface area contributed by atoms with E-state index >= 15 is 0 Å². The van der Waals surface area contributed by atoms with Crippen molar-refractivity contribution in [2.45, 2.75) is 31.9 Å². The summed E-state index contributed by atoms with van der Waals surface area (Å²) in [5.41, 5.74) is 3.86. The summed E-state index contributed by atoms with van der Waals surface area (Å²) in [5, 5.41) is 19.6. The van der Waals surface area contributed by atoms with Crippen molar-refractivity contribution in [1.29, 1.82) is 0 Å². The van der Waals surface area contributed by atoms with E-state index in [0.29, 0.717) is 11.3 Å². The third-order valence-corrected chi connectivity index (χ3v) is 5.01. The van der Waals surface area contributed by atoms with Gasteiger partial charge < -0.3 is 24.2 Å². The second-order valence-corrected chi connectivity index (χ2v) is 8.43. The first-order valence-electron chi connectivity index (χ1n) is 9.51. The van der Waals surface area contributed by atoms with E-state index in [1.54, 1.807) is 31.2 Å². The summed E-state index contributed by atoms with van der Waals surface area (Å²) in [6.07, 6.45) is -1.77. The number of aliphatic carboxylic acids is 1. The first-order valence-corrected chi connectivity index (χ1v) is 11.0. The Labute approximate surface area is 189 Å². The zero-order chi connectivity index (χ0) is 24.8. The Morgan fingerprint density at radius 1 is 1.15 bits per heavy atom. The number of phosphoric ester groups is 1. The number of phenols is 1. The van der Waals surface area contributed by atoms with Crippen LogP contribution in [0.15, 0.2) is 42.5 Å². The second kappa shape index (κ2) is 10.5. The van der Waals surface area contributed by atoms with E-state index in [-0.39, 0.29) is 12.0 Å². The highest BCUT2D eigenvalue weighted by Crippen LogP contribution is 2.41. The fourth-order valence-corrected chi connectivity index (χ4v) is 3.19. The van der Waals surface area contributed by atoms with E-state index in [4.69, 9.17) is 19.3 Å². The number of hydrazine groups is 1. The van der Waals surface area contributed by atoms with Crippen LogP contribution in [0.3, 0.4) is 0 Å². The van der Waals surface area contributed by atoms with E-state index in [1.165, 1.54) is 20.1 Å². The lowest BCUT2D eigenvalue weighted by molar-refractivity contribution is -0.144. The number of phenolic OH excluding ortho intramolecular Hbond substituents is 1. The van der Waals surface area contributed by atoms with Gasteiger partial charge in [0.05, 0.1) is 7.11 Å². The number of nitrogens with one attached hydrogen (secondary N) is 2. The number of aromatic hydroxyl groups is 1. The molecule has 12 nitrogen and oxygen atoms in total. The Hall–Kier alpha value is -3.31. The van der Waals surface area contributed by atoms with Gasteiger partial charge in [-0.1, -0.05) is 18.2 Å². The Kier molecular flexibility index (Phi) is 8.29. The number of benzene rings is 2. The number of carboxylic acid groups (broad SMARTS) is 1. The van der Waals surface area contributed by atoms with E-state index in [0.717, 1.165) is 12.1 Å². The maximum absolute atomic E-state index is 12.2. The van der Waals surface area contributed by atoms with Gasteiger partial charge in [0.15, 0.2) is 11.5 Å². The summed E-state index contributed by atoms with van der Waals surface area (Å²) in [6, 6.07) is 10.4. The smallest absolute Gasteiger partial charge is 0.504 e. The Bertz CT molecular complexity index is 1040. The molecule has 2 aromatic carbocycles. The highest BCUT2D eigenvalue weighted by Gasteiger charge is 2.34. The standard InChI is InChI=1S/C20H25N2O10P/c1-12(14-5-7-15(30-3)8-6-14)31-19(26)21-22-20(2,18(24)25)11-13-4-9-17(16(23)10-13)32-33(27,28)29/h4-10,12,22-23H,11H2,1-3H3,(H,21,26)(H,24,25)(H2,27,28,29)/t12?,20-/m0/s1. The van der Waals surface area contributed by atoms with Gasteiger partial charge in [0.2, 0.25) is 0 Å². The summed E-state index contributed by atoms with van der Waals surface area (Å²) in [7, 11) is -3.35. The van der Waals surface area contributed by atoms with Crippen molar-refractivity contribution in [3.8, 4) is 17.2 Å². The summed E-state index contributed by atoms with van der Waals surface area (Å²) in [4.78, 5) is 41.7. The Balaban J connectivity index is 2.02. The molecule has 0 heterocycles. The van der Waals surface area contributed by atoms with Crippen molar-refractivity contribution in [2.24, 2.45) is 0 Å². The van der Waals surface area contributed by atoms with Gasteiger partial charge in [-0.05, 0) is 49.2 Å². The monoisotopic (exact) mass is 484 g/mol. The van der Waals surface area contributed by atoms with E-state index in [9.17, 15) is 24.4 Å². The molecule has 0 aliphatic heterocycles. The van der Waals surface area contributed by atoms with Crippen molar-refractivity contribution in [2.75, 3.05) is 7.11 Å². The number of carboxylic acids is 1. The van der Waals surface area contributed by atoms with Crippen LogP contribution < -0.4 is 20.1 Å². The molecule has 2 atom stereocenters. The largest absolute Gasteiger partial charge is 0.524 e. The number of hydrogen-bond donors (Lipinski definition) is 6. The molecule has 0 bridgehead atoms. The zero-order valence-corrected chi connectivity index (χ0v) is 18.9. The first-order chi connectivity index (χ1) is 15.3. The molecule has 0 aliphatic carbocycles. The molecule has 33 heavy (non-hydrogen) atoms. The predicted octanol–water partition coefficient (Wildman–Crippen LogP) is 2.25. The Morgan fingerprint density at radius 3 is 2.30 bits per heavy atom. The maximum Gasteiger partial charge on any atom is 0.524 e. The molecule has 6 N–H and O–H groups in total. The minimum atomic E-state index is -4.88. The summed E-state index contributed by atoms with van der Waals surface area (Å²) >= 11 is 0. The quantitative estimate of drug-likeness (QED) is 0.215. The normalized spacial score (nSPS) is 14.0. The van der Waals surface area contributed by atoms with Gasteiger partial charge in [-0.25, -0.2) is 14.8 Å². The molecule has 0 saturated carbocycles. The number of amides is 1. The average Bonchev–Trinajstić information content (AvgIpc) is 2.73. The molecule has 180 valence electrons. The van der Waals surface area contributed by atoms with Gasteiger partial charge >= 0.3 is 19.9 Å². The fourth-order valence-electron chi connectivity index (χ4n) is 2.78. The number of carbonyl (C=O) groups is 2. The van der Waals surface area contributed by atoms with Crippen LogP contribution in [-0.4, -0.2) is 44.7 Å². The van der Waals surface area contributed by atoms with Crippen molar-refractivity contribution >= 4 is 19.9 Å². The van der Waals surface area contributed by atoms with Crippen LogP contribution in [0.5, 0.6) is 17.2 Å². The molecule has 2 rings (SSSR count).